The number of hydrogen-bond donors (Lipinski definition) is 1. The van der Waals surface area contributed by atoms with Crippen molar-refractivity contribution in [2.75, 3.05) is 18.5 Å². The molecule has 0 radical (unpaired) electrons. The number of aliphatic imine (C=N–C) groups is 1. The van der Waals surface area contributed by atoms with Crippen molar-refractivity contribution in [3.8, 4) is 0 Å². The van der Waals surface area contributed by atoms with Crippen LogP contribution in [0.15, 0.2) is 41.5 Å². The summed E-state index contributed by atoms with van der Waals surface area (Å²) in [6, 6.07) is 9.03. The van der Waals surface area contributed by atoms with Gasteiger partial charge in [-0.1, -0.05) is 18.2 Å². The van der Waals surface area contributed by atoms with Gasteiger partial charge in [0.25, 0.3) is 5.91 Å². The van der Waals surface area contributed by atoms with Crippen LogP contribution in [0.1, 0.15) is 15.9 Å². The molecule has 20 heavy (non-hydrogen) atoms. The summed E-state index contributed by atoms with van der Waals surface area (Å²) in [5.74, 6) is 0.926. The van der Waals surface area contributed by atoms with Crippen molar-refractivity contribution in [3.63, 3.8) is 0 Å². The topological polar surface area (TPSA) is 68.5 Å². The number of aryl methyl sites for hydroxylation is 1. The van der Waals surface area contributed by atoms with E-state index in [1.54, 1.807) is 30.1 Å². The van der Waals surface area contributed by atoms with Crippen molar-refractivity contribution < 1.29 is 9.53 Å². The van der Waals surface area contributed by atoms with Gasteiger partial charge in [-0.25, -0.2) is 4.99 Å². The van der Waals surface area contributed by atoms with Gasteiger partial charge in [-0.2, -0.15) is 5.10 Å². The number of hydrogen-bond acceptors (Lipinski definition) is 4. The molecule has 1 aromatic carbocycles. The van der Waals surface area contributed by atoms with E-state index in [-0.39, 0.29) is 5.91 Å². The molecule has 1 N–H and O–H groups in total. The fourth-order valence-electron chi connectivity index (χ4n) is 2.01. The Bertz CT molecular complexity index is 661. The maximum atomic E-state index is 12.2. The summed E-state index contributed by atoms with van der Waals surface area (Å²) < 4.78 is 7.02. The third kappa shape index (κ3) is 2.27. The highest BCUT2D eigenvalue weighted by molar-refractivity contribution is 6.08. The van der Waals surface area contributed by atoms with Gasteiger partial charge in [-0.15, -0.1) is 0 Å². The summed E-state index contributed by atoms with van der Waals surface area (Å²) >= 11 is 0. The van der Waals surface area contributed by atoms with Crippen LogP contribution in [0.4, 0.5) is 5.82 Å². The van der Waals surface area contributed by atoms with Crippen molar-refractivity contribution in [3.05, 3.63) is 47.7 Å². The van der Waals surface area contributed by atoms with Gasteiger partial charge in [0.1, 0.15) is 12.4 Å². The lowest BCUT2D eigenvalue weighted by molar-refractivity contribution is 0.102. The first-order valence-electron chi connectivity index (χ1n) is 6.32. The number of nitrogens with one attached hydrogen (secondary N) is 1. The fourth-order valence-corrected chi connectivity index (χ4v) is 2.01. The Labute approximate surface area is 116 Å². The Kier molecular flexibility index (Phi) is 3.20. The van der Waals surface area contributed by atoms with Crippen molar-refractivity contribution in [1.29, 1.82) is 0 Å². The molecule has 6 nitrogen and oxygen atoms in total. The van der Waals surface area contributed by atoms with Gasteiger partial charge in [0.2, 0.25) is 5.90 Å². The van der Waals surface area contributed by atoms with E-state index in [0.717, 1.165) is 0 Å². The Morgan fingerprint density at radius 1 is 1.35 bits per heavy atom. The predicted molar refractivity (Wildman–Crippen MR) is 75.0 cm³/mol. The molecule has 1 aliphatic rings. The van der Waals surface area contributed by atoms with E-state index in [1.165, 1.54) is 0 Å². The maximum Gasteiger partial charge on any atom is 0.256 e. The SMILES string of the molecule is Cn1ncc(C2=NCCO2)c1NC(=O)c1ccccc1. The average molecular weight is 270 g/mol. The smallest absolute Gasteiger partial charge is 0.256 e. The van der Waals surface area contributed by atoms with E-state index in [2.05, 4.69) is 15.4 Å². The number of amides is 1. The number of rotatable bonds is 3. The Balaban J connectivity index is 1.87. The largest absolute Gasteiger partial charge is 0.475 e. The van der Waals surface area contributed by atoms with Gasteiger partial charge < -0.3 is 10.1 Å². The van der Waals surface area contributed by atoms with E-state index < -0.39 is 0 Å². The molecule has 0 aliphatic carbocycles. The highest BCUT2D eigenvalue weighted by atomic mass is 16.5. The molecule has 0 spiro atoms. The number of anilines is 1. The van der Waals surface area contributed by atoms with Crippen LogP contribution in [-0.4, -0.2) is 34.7 Å². The van der Waals surface area contributed by atoms with Crippen molar-refractivity contribution >= 4 is 17.6 Å². The fraction of sp³-hybridized carbons (Fsp3) is 0.214. The zero-order valence-electron chi connectivity index (χ0n) is 11.0. The van der Waals surface area contributed by atoms with Gasteiger partial charge in [0.15, 0.2) is 0 Å². The first kappa shape index (κ1) is 12.4. The molecule has 0 bridgehead atoms. The molecule has 0 saturated carbocycles. The van der Waals surface area contributed by atoms with Crippen molar-refractivity contribution in [2.24, 2.45) is 12.0 Å². The zero-order chi connectivity index (χ0) is 13.9. The van der Waals surface area contributed by atoms with Crippen LogP contribution in [0.5, 0.6) is 0 Å². The lowest BCUT2D eigenvalue weighted by atomic mass is 10.2. The second-order valence-electron chi connectivity index (χ2n) is 4.39. The number of benzene rings is 1. The lowest BCUT2D eigenvalue weighted by Crippen LogP contribution is -2.17. The van der Waals surface area contributed by atoms with Crippen molar-refractivity contribution in [1.82, 2.24) is 9.78 Å². The summed E-state index contributed by atoms with van der Waals surface area (Å²) in [6.45, 7) is 1.20. The monoisotopic (exact) mass is 270 g/mol. The first-order chi connectivity index (χ1) is 9.75. The van der Waals surface area contributed by atoms with Crippen LogP contribution in [0.2, 0.25) is 0 Å². The third-order valence-corrected chi connectivity index (χ3v) is 3.02. The minimum Gasteiger partial charge on any atom is -0.475 e. The first-order valence-corrected chi connectivity index (χ1v) is 6.32. The molecule has 6 heteroatoms. The Hall–Kier alpha value is -2.63. The second kappa shape index (κ2) is 5.16. The van der Waals surface area contributed by atoms with Crippen LogP contribution >= 0.6 is 0 Å². The number of aromatic nitrogens is 2. The van der Waals surface area contributed by atoms with Gasteiger partial charge in [-0.3, -0.25) is 9.48 Å². The Morgan fingerprint density at radius 3 is 2.85 bits per heavy atom. The third-order valence-electron chi connectivity index (χ3n) is 3.02. The van der Waals surface area contributed by atoms with E-state index in [4.69, 9.17) is 4.74 Å². The minimum absolute atomic E-state index is 0.186. The number of nitrogens with zero attached hydrogens (tertiary/aromatic N) is 3. The Morgan fingerprint density at radius 2 is 2.15 bits per heavy atom. The molecular weight excluding hydrogens is 256 g/mol. The zero-order valence-corrected chi connectivity index (χ0v) is 11.0. The van der Waals surface area contributed by atoms with Gasteiger partial charge in [0.05, 0.1) is 18.3 Å². The highest BCUT2D eigenvalue weighted by Gasteiger charge is 2.20. The van der Waals surface area contributed by atoms with E-state index in [1.807, 2.05) is 18.2 Å². The molecule has 1 amide bonds. The quantitative estimate of drug-likeness (QED) is 0.917. The normalized spacial score (nSPS) is 13.8. The van der Waals surface area contributed by atoms with E-state index >= 15 is 0 Å². The molecule has 2 heterocycles. The minimum atomic E-state index is -0.186. The average Bonchev–Trinajstić information content (AvgIpc) is 3.11. The van der Waals surface area contributed by atoms with Crippen LogP contribution in [0.25, 0.3) is 0 Å². The lowest BCUT2D eigenvalue weighted by Gasteiger charge is -2.08. The van der Waals surface area contributed by atoms with Gasteiger partial charge >= 0.3 is 0 Å². The predicted octanol–water partition coefficient (Wildman–Crippen LogP) is 1.45. The number of carbonyl (C=O) groups is 1. The molecule has 2 aromatic rings. The van der Waals surface area contributed by atoms with Crippen LogP contribution in [0, 0.1) is 0 Å². The summed E-state index contributed by atoms with van der Waals surface area (Å²) in [6.07, 6.45) is 1.64. The summed E-state index contributed by atoms with van der Waals surface area (Å²) in [7, 11) is 1.76. The van der Waals surface area contributed by atoms with Crippen LogP contribution in [0.3, 0.4) is 0 Å². The van der Waals surface area contributed by atoms with Gasteiger partial charge in [-0.05, 0) is 12.1 Å². The molecule has 0 atom stereocenters. The van der Waals surface area contributed by atoms with Gasteiger partial charge in [0, 0.05) is 12.6 Å². The van der Waals surface area contributed by atoms with Crippen LogP contribution in [-0.2, 0) is 11.8 Å². The number of carbonyl (C=O) groups excluding carboxylic acids is 1. The van der Waals surface area contributed by atoms with Crippen molar-refractivity contribution in [2.45, 2.75) is 0 Å². The molecule has 3 rings (SSSR count). The molecule has 0 fully saturated rings. The molecule has 1 aromatic heterocycles. The van der Waals surface area contributed by atoms with E-state index in [0.29, 0.717) is 36.0 Å². The molecular formula is C14H14N4O2. The summed E-state index contributed by atoms with van der Waals surface area (Å²) in [4.78, 5) is 16.4. The standard InChI is InChI=1S/C14H14N4O2/c1-18-12(11(9-16-18)14-15-7-8-20-14)17-13(19)10-5-3-2-4-6-10/h2-6,9H,7-8H2,1H3,(H,17,19). The molecule has 102 valence electrons. The maximum absolute atomic E-state index is 12.2. The molecule has 0 unspecified atom stereocenters. The van der Waals surface area contributed by atoms with Crippen LogP contribution < -0.4 is 5.32 Å². The highest BCUT2D eigenvalue weighted by Crippen LogP contribution is 2.18. The summed E-state index contributed by atoms with van der Waals surface area (Å²) in [5, 5.41) is 7.00. The molecule has 1 aliphatic heterocycles. The summed E-state index contributed by atoms with van der Waals surface area (Å²) in [5.41, 5.74) is 1.29. The number of ether oxygens (including phenoxy) is 1. The second-order valence-corrected chi connectivity index (χ2v) is 4.39. The molecule has 0 saturated heterocycles. The van der Waals surface area contributed by atoms with E-state index in [9.17, 15) is 4.79 Å².